The van der Waals surface area contributed by atoms with E-state index in [0.29, 0.717) is 5.75 Å². The average Bonchev–Trinajstić information content (AvgIpc) is 2.29. The molecule has 17 heavy (non-hydrogen) atoms. The summed E-state index contributed by atoms with van der Waals surface area (Å²) in [4.78, 5) is 11.6. The van der Waals surface area contributed by atoms with E-state index in [1.807, 2.05) is 38.1 Å². The lowest BCUT2D eigenvalue weighted by atomic mass is 10.2. The van der Waals surface area contributed by atoms with Crippen LogP contribution < -0.4 is 5.32 Å². The molecule has 94 valence electrons. The number of nitrogens with one attached hydrogen (secondary N) is 1. The molecule has 0 aromatic heterocycles. The second-order valence-corrected chi connectivity index (χ2v) is 5.54. The van der Waals surface area contributed by atoms with Gasteiger partial charge in [0.1, 0.15) is 0 Å². The molecule has 0 spiro atoms. The summed E-state index contributed by atoms with van der Waals surface area (Å²) in [5.74, 6) is 0.325. The van der Waals surface area contributed by atoms with Gasteiger partial charge in [0.25, 0.3) is 0 Å². The number of benzene rings is 1. The highest BCUT2D eigenvalue weighted by Gasteiger charge is 2.11. The van der Waals surface area contributed by atoms with E-state index in [2.05, 4.69) is 5.32 Å². The Bertz CT molecular complexity index is 362. The maximum atomic E-state index is 11.6. The number of carbonyl (C=O) groups is 1. The smallest absolute Gasteiger partial charge is 0.234 e. The van der Waals surface area contributed by atoms with Crippen molar-refractivity contribution in [2.75, 3.05) is 11.1 Å². The van der Waals surface area contributed by atoms with Crippen molar-refractivity contribution in [1.29, 1.82) is 0 Å². The molecule has 0 radical (unpaired) electrons. The highest BCUT2D eigenvalue weighted by molar-refractivity contribution is 8.00. The van der Waals surface area contributed by atoms with Gasteiger partial charge in [-0.15, -0.1) is 11.8 Å². The molecule has 0 aliphatic carbocycles. The van der Waals surface area contributed by atoms with Gasteiger partial charge in [-0.2, -0.15) is 0 Å². The summed E-state index contributed by atoms with van der Waals surface area (Å²) in [5, 5.41) is 12.2. The van der Waals surface area contributed by atoms with Crippen LogP contribution in [0.3, 0.4) is 0 Å². The molecule has 0 fully saturated rings. The number of aliphatic hydroxyl groups excluding tert-OH is 1. The van der Waals surface area contributed by atoms with E-state index in [1.54, 1.807) is 6.92 Å². The Morgan fingerprint density at radius 2 is 1.94 bits per heavy atom. The third-order valence-corrected chi connectivity index (χ3v) is 3.84. The van der Waals surface area contributed by atoms with Crippen molar-refractivity contribution in [2.24, 2.45) is 0 Å². The van der Waals surface area contributed by atoms with E-state index >= 15 is 0 Å². The molecule has 0 unspecified atom stereocenters. The van der Waals surface area contributed by atoms with Crippen LogP contribution in [0.25, 0.3) is 0 Å². The Balaban J connectivity index is 2.37. The van der Waals surface area contributed by atoms with Crippen LogP contribution in [0.1, 0.15) is 19.4 Å². The fourth-order valence-electron chi connectivity index (χ4n) is 1.18. The average molecular weight is 253 g/mol. The molecule has 1 aromatic carbocycles. The van der Waals surface area contributed by atoms with Gasteiger partial charge in [0, 0.05) is 10.9 Å². The number of hydrogen-bond donors (Lipinski definition) is 2. The molecule has 1 aromatic rings. The molecule has 1 amide bonds. The molecule has 1 rings (SSSR count). The minimum Gasteiger partial charge on any atom is -0.392 e. The van der Waals surface area contributed by atoms with Crippen LogP contribution in [0.15, 0.2) is 24.3 Å². The fourth-order valence-corrected chi connectivity index (χ4v) is 1.95. The summed E-state index contributed by atoms with van der Waals surface area (Å²) < 4.78 is 0. The largest absolute Gasteiger partial charge is 0.392 e. The lowest BCUT2D eigenvalue weighted by Gasteiger charge is -2.13. The van der Waals surface area contributed by atoms with Gasteiger partial charge < -0.3 is 10.4 Å². The maximum Gasteiger partial charge on any atom is 0.234 e. The van der Waals surface area contributed by atoms with E-state index < -0.39 is 6.10 Å². The zero-order valence-electron chi connectivity index (χ0n) is 10.4. The van der Waals surface area contributed by atoms with Crippen LogP contribution in [0.2, 0.25) is 0 Å². The molecule has 0 saturated carbocycles. The molecule has 4 heteroatoms. The SMILES string of the molecule is Cc1ccc(NC(=O)CS[C@@H](C)[C@@H](C)O)cc1. The molecule has 0 bridgehead atoms. The molecular weight excluding hydrogens is 234 g/mol. The summed E-state index contributed by atoms with van der Waals surface area (Å²) in [6.45, 7) is 5.65. The van der Waals surface area contributed by atoms with Crippen LogP contribution in [-0.4, -0.2) is 28.1 Å². The Morgan fingerprint density at radius 1 is 1.35 bits per heavy atom. The zero-order valence-corrected chi connectivity index (χ0v) is 11.3. The summed E-state index contributed by atoms with van der Waals surface area (Å²) in [6.07, 6.45) is -0.396. The molecule has 0 heterocycles. The minimum absolute atomic E-state index is 0.0358. The number of thioether (sulfide) groups is 1. The van der Waals surface area contributed by atoms with Gasteiger partial charge in [0.15, 0.2) is 0 Å². The number of hydrogen-bond acceptors (Lipinski definition) is 3. The third-order valence-electron chi connectivity index (χ3n) is 2.49. The number of rotatable bonds is 5. The van der Waals surface area contributed by atoms with Crippen LogP contribution in [0.4, 0.5) is 5.69 Å². The van der Waals surface area contributed by atoms with E-state index in [1.165, 1.54) is 17.3 Å². The van der Waals surface area contributed by atoms with Gasteiger partial charge in [0.05, 0.1) is 11.9 Å². The molecule has 2 N–H and O–H groups in total. The first-order chi connectivity index (χ1) is 7.99. The summed E-state index contributed by atoms with van der Waals surface area (Å²) in [6, 6.07) is 7.69. The van der Waals surface area contributed by atoms with Crippen molar-refractivity contribution in [2.45, 2.75) is 32.1 Å². The minimum atomic E-state index is -0.396. The topological polar surface area (TPSA) is 49.3 Å². The zero-order chi connectivity index (χ0) is 12.8. The number of anilines is 1. The lowest BCUT2D eigenvalue weighted by molar-refractivity contribution is -0.113. The van der Waals surface area contributed by atoms with Crippen LogP contribution in [0.5, 0.6) is 0 Å². The summed E-state index contributed by atoms with van der Waals surface area (Å²) >= 11 is 1.45. The van der Waals surface area contributed by atoms with Crippen LogP contribution in [0, 0.1) is 6.92 Å². The number of amides is 1. The summed E-state index contributed by atoms with van der Waals surface area (Å²) in [5.41, 5.74) is 1.98. The molecule has 2 atom stereocenters. The van der Waals surface area contributed by atoms with Gasteiger partial charge in [-0.05, 0) is 26.0 Å². The first-order valence-electron chi connectivity index (χ1n) is 5.65. The van der Waals surface area contributed by atoms with Gasteiger partial charge >= 0.3 is 0 Å². The van der Waals surface area contributed by atoms with Crippen molar-refractivity contribution >= 4 is 23.4 Å². The lowest BCUT2D eigenvalue weighted by Crippen LogP contribution is -2.20. The van der Waals surface area contributed by atoms with Crippen LogP contribution >= 0.6 is 11.8 Å². The van der Waals surface area contributed by atoms with Crippen molar-refractivity contribution in [3.63, 3.8) is 0 Å². The Morgan fingerprint density at radius 3 is 2.47 bits per heavy atom. The first-order valence-corrected chi connectivity index (χ1v) is 6.70. The van der Waals surface area contributed by atoms with E-state index in [-0.39, 0.29) is 11.2 Å². The van der Waals surface area contributed by atoms with E-state index in [0.717, 1.165) is 5.69 Å². The standard InChI is InChI=1S/C13H19NO2S/c1-9-4-6-12(7-5-9)14-13(16)8-17-11(3)10(2)15/h4-7,10-11,15H,8H2,1-3H3,(H,14,16)/t10-,11+/m1/s1. The van der Waals surface area contributed by atoms with E-state index in [4.69, 9.17) is 0 Å². The van der Waals surface area contributed by atoms with E-state index in [9.17, 15) is 9.90 Å². The number of aliphatic hydroxyl groups is 1. The highest BCUT2D eigenvalue weighted by Crippen LogP contribution is 2.15. The molecule has 0 aliphatic heterocycles. The fraction of sp³-hybridized carbons (Fsp3) is 0.462. The molecule has 0 aliphatic rings. The Labute approximate surface area is 107 Å². The Kier molecular flexibility index (Phi) is 5.51. The van der Waals surface area contributed by atoms with Crippen LogP contribution in [-0.2, 0) is 4.79 Å². The molecular formula is C13H19NO2S. The second kappa shape index (κ2) is 6.67. The number of aryl methyl sites for hydroxylation is 1. The monoisotopic (exact) mass is 253 g/mol. The van der Waals surface area contributed by atoms with Crippen molar-refractivity contribution in [3.8, 4) is 0 Å². The van der Waals surface area contributed by atoms with Gasteiger partial charge in [-0.3, -0.25) is 4.79 Å². The first kappa shape index (κ1) is 14.1. The predicted molar refractivity (Wildman–Crippen MR) is 73.4 cm³/mol. The third kappa shape index (κ3) is 5.24. The van der Waals surface area contributed by atoms with Gasteiger partial charge in [-0.25, -0.2) is 0 Å². The molecule has 3 nitrogen and oxygen atoms in total. The predicted octanol–water partition coefficient (Wildman–Crippen LogP) is 2.44. The number of carbonyl (C=O) groups excluding carboxylic acids is 1. The van der Waals surface area contributed by atoms with Crippen molar-refractivity contribution < 1.29 is 9.90 Å². The van der Waals surface area contributed by atoms with Crippen molar-refractivity contribution in [1.82, 2.24) is 0 Å². The quantitative estimate of drug-likeness (QED) is 0.847. The van der Waals surface area contributed by atoms with Crippen molar-refractivity contribution in [3.05, 3.63) is 29.8 Å². The Hall–Kier alpha value is -1.00. The van der Waals surface area contributed by atoms with Gasteiger partial charge in [-0.1, -0.05) is 24.6 Å². The summed E-state index contributed by atoms with van der Waals surface area (Å²) in [7, 11) is 0. The maximum absolute atomic E-state index is 11.6. The van der Waals surface area contributed by atoms with Gasteiger partial charge in [0.2, 0.25) is 5.91 Å². The normalized spacial score (nSPS) is 14.1. The second-order valence-electron chi connectivity index (χ2n) is 4.17. The highest BCUT2D eigenvalue weighted by atomic mass is 32.2. The molecule has 0 saturated heterocycles.